The summed E-state index contributed by atoms with van der Waals surface area (Å²) in [4.78, 5) is 11.5. The van der Waals surface area contributed by atoms with Crippen LogP contribution in [0.1, 0.15) is 31.9 Å². The quantitative estimate of drug-likeness (QED) is 0.625. The highest BCUT2D eigenvalue weighted by Crippen LogP contribution is 2.27. The zero-order valence-corrected chi connectivity index (χ0v) is 16.5. The first-order chi connectivity index (χ1) is 12.2. The maximum absolute atomic E-state index is 4.88. The van der Waals surface area contributed by atoms with Crippen LogP contribution in [-0.4, -0.2) is 40.0 Å². The Bertz CT molecular complexity index is 698. The highest BCUT2D eigenvalue weighted by molar-refractivity contribution is 9.10. The van der Waals surface area contributed by atoms with Gasteiger partial charge in [-0.25, -0.2) is 9.98 Å². The van der Waals surface area contributed by atoms with Gasteiger partial charge in [0.1, 0.15) is 0 Å². The van der Waals surface area contributed by atoms with Crippen molar-refractivity contribution in [1.29, 1.82) is 0 Å². The van der Waals surface area contributed by atoms with Gasteiger partial charge in [0.25, 0.3) is 0 Å². The molecule has 0 spiro atoms. The molecule has 1 saturated heterocycles. The molecule has 25 heavy (non-hydrogen) atoms. The van der Waals surface area contributed by atoms with Gasteiger partial charge in [0.05, 0.1) is 18.9 Å². The van der Waals surface area contributed by atoms with Crippen molar-refractivity contribution in [2.45, 2.75) is 32.9 Å². The summed E-state index contributed by atoms with van der Waals surface area (Å²) in [6, 6.07) is 8.77. The number of imidazole rings is 1. The van der Waals surface area contributed by atoms with Gasteiger partial charge in [-0.05, 0) is 37.0 Å². The molecule has 2 aromatic rings. The molecule has 134 valence electrons. The Morgan fingerprint density at radius 2 is 2.32 bits per heavy atom. The normalized spacial score (nSPS) is 21.4. The molecule has 3 rings (SSSR count). The molecule has 6 heteroatoms. The molecule has 0 amide bonds. The molecule has 1 aromatic carbocycles. The van der Waals surface area contributed by atoms with E-state index in [-0.39, 0.29) is 0 Å². The summed E-state index contributed by atoms with van der Waals surface area (Å²) < 4.78 is 3.33. The van der Waals surface area contributed by atoms with E-state index in [1.165, 1.54) is 5.56 Å². The van der Waals surface area contributed by atoms with Crippen LogP contribution < -0.4 is 5.32 Å². The number of benzene rings is 1. The first-order valence-corrected chi connectivity index (χ1v) is 9.71. The summed E-state index contributed by atoms with van der Waals surface area (Å²) in [5.74, 6) is 1.64. The van der Waals surface area contributed by atoms with Gasteiger partial charge in [0.2, 0.25) is 0 Å². The van der Waals surface area contributed by atoms with Gasteiger partial charge < -0.3 is 14.8 Å². The third kappa shape index (κ3) is 4.63. The number of hydrogen-bond acceptors (Lipinski definition) is 2. The lowest BCUT2D eigenvalue weighted by atomic mass is 9.93. The molecule has 0 bridgehead atoms. The first kappa shape index (κ1) is 18.0. The number of hydrogen-bond donors (Lipinski definition) is 1. The maximum atomic E-state index is 4.88. The third-order valence-corrected chi connectivity index (χ3v) is 5.25. The molecule has 1 aliphatic rings. The molecule has 5 nitrogen and oxygen atoms in total. The van der Waals surface area contributed by atoms with Crippen LogP contribution in [0.2, 0.25) is 0 Å². The zero-order chi connectivity index (χ0) is 17.6. The average Bonchev–Trinajstić information content (AvgIpc) is 3.14. The second-order valence-corrected chi connectivity index (χ2v) is 7.50. The Labute approximate surface area is 158 Å². The number of likely N-dealkylation sites (tertiary alicyclic amines) is 1. The fourth-order valence-electron chi connectivity index (χ4n) is 3.32. The van der Waals surface area contributed by atoms with E-state index >= 15 is 0 Å². The van der Waals surface area contributed by atoms with E-state index < -0.39 is 0 Å². The number of nitrogens with zero attached hydrogens (tertiary/aromatic N) is 4. The summed E-state index contributed by atoms with van der Waals surface area (Å²) >= 11 is 3.53. The van der Waals surface area contributed by atoms with Gasteiger partial charge in [0.15, 0.2) is 5.96 Å². The van der Waals surface area contributed by atoms with E-state index in [4.69, 9.17) is 4.99 Å². The van der Waals surface area contributed by atoms with Crippen molar-refractivity contribution < 1.29 is 0 Å². The molecular formula is C19H26BrN5. The highest BCUT2D eigenvalue weighted by Gasteiger charge is 2.28. The van der Waals surface area contributed by atoms with E-state index in [0.717, 1.165) is 36.5 Å². The minimum atomic E-state index is 0.436. The summed E-state index contributed by atoms with van der Waals surface area (Å²) in [5.41, 5.74) is 1.21. The summed E-state index contributed by atoms with van der Waals surface area (Å²) in [7, 11) is 0. The largest absolute Gasteiger partial charge is 0.357 e. The highest BCUT2D eigenvalue weighted by atomic mass is 79.9. The Hall–Kier alpha value is -1.82. The number of aliphatic imine (C=N–C) groups is 1. The van der Waals surface area contributed by atoms with Crippen molar-refractivity contribution in [3.05, 3.63) is 53.0 Å². The van der Waals surface area contributed by atoms with Crippen molar-refractivity contribution in [2.75, 3.05) is 19.6 Å². The fraction of sp³-hybridized carbons (Fsp3) is 0.474. The van der Waals surface area contributed by atoms with Crippen LogP contribution >= 0.6 is 15.9 Å². The second kappa shape index (κ2) is 8.52. The minimum absolute atomic E-state index is 0.436. The van der Waals surface area contributed by atoms with Gasteiger partial charge in [-0.15, -0.1) is 0 Å². The number of halogens is 1. The van der Waals surface area contributed by atoms with Gasteiger partial charge in [-0.3, -0.25) is 0 Å². The maximum Gasteiger partial charge on any atom is 0.194 e. The summed E-state index contributed by atoms with van der Waals surface area (Å²) in [5, 5.41) is 3.46. The predicted molar refractivity (Wildman–Crippen MR) is 106 cm³/mol. The molecule has 0 radical (unpaired) electrons. The molecule has 1 N–H and O–H groups in total. The molecular weight excluding hydrogens is 378 g/mol. The number of nitrogens with one attached hydrogen (secondary N) is 1. The van der Waals surface area contributed by atoms with Crippen LogP contribution in [0.5, 0.6) is 0 Å². The van der Waals surface area contributed by atoms with E-state index in [1.807, 2.05) is 18.6 Å². The third-order valence-electron chi connectivity index (χ3n) is 4.76. The van der Waals surface area contributed by atoms with Crippen LogP contribution in [-0.2, 0) is 6.54 Å². The lowest BCUT2D eigenvalue weighted by Gasteiger charge is -2.39. The summed E-state index contributed by atoms with van der Waals surface area (Å²) in [6.45, 7) is 8.00. The average molecular weight is 404 g/mol. The Morgan fingerprint density at radius 1 is 1.44 bits per heavy atom. The first-order valence-electron chi connectivity index (χ1n) is 8.92. The Kier molecular flexibility index (Phi) is 6.13. The number of guanidine groups is 1. The predicted octanol–water partition coefficient (Wildman–Crippen LogP) is 3.69. The Morgan fingerprint density at radius 3 is 3.04 bits per heavy atom. The van der Waals surface area contributed by atoms with Gasteiger partial charge in [0, 0.05) is 36.5 Å². The molecule has 2 heterocycles. The molecule has 1 fully saturated rings. The summed E-state index contributed by atoms with van der Waals surface area (Å²) in [6.07, 6.45) is 7.01. The molecule has 2 atom stereocenters. The lowest BCUT2D eigenvalue weighted by molar-refractivity contribution is 0.189. The lowest BCUT2D eigenvalue weighted by Crippen LogP contribution is -2.49. The standard InChI is InChI=1S/C19H26BrN5/c1-3-22-19(23-12-16-5-4-6-17(20)11-16)24-9-7-15(2)18(13-24)25-10-8-21-14-25/h4-6,8,10-11,14-15,18H,3,7,9,12-13H2,1-2H3,(H,22,23). The van der Waals surface area contributed by atoms with Gasteiger partial charge in [-0.2, -0.15) is 0 Å². The van der Waals surface area contributed by atoms with Gasteiger partial charge in [-0.1, -0.05) is 35.0 Å². The van der Waals surface area contributed by atoms with Crippen molar-refractivity contribution in [1.82, 2.24) is 19.8 Å². The topological polar surface area (TPSA) is 45.5 Å². The van der Waals surface area contributed by atoms with Crippen LogP contribution in [0.4, 0.5) is 0 Å². The fourth-order valence-corrected chi connectivity index (χ4v) is 3.77. The van der Waals surface area contributed by atoms with E-state index in [2.05, 4.69) is 73.9 Å². The number of piperidine rings is 1. The number of rotatable bonds is 4. The van der Waals surface area contributed by atoms with E-state index in [9.17, 15) is 0 Å². The molecule has 1 aliphatic heterocycles. The second-order valence-electron chi connectivity index (χ2n) is 6.59. The SMILES string of the molecule is CCNC(=NCc1cccc(Br)c1)N1CCC(C)C(n2ccnc2)C1. The minimum Gasteiger partial charge on any atom is -0.357 e. The monoisotopic (exact) mass is 403 g/mol. The van der Waals surface area contributed by atoms with Gasteiger partial charge >= 0.3 is 0 Å². The van der Waals surface area contributed by atoms with Crippen LogP contribution in [0.15, 0.2) is 52.5 Å². The molecule has 0 saturated carbocycles. The Balaban J connectivity index is 1.74. The van der Waals surface area contributed by atoms with Crippen molar-refractivity contribution in [3.63, 3.8) is 0 Å². The van der Waals surface area contributed by atoms with E-state index in [1.54, 1.807) is 0 Å². The zero-order valence-electron chi connectivity index (χ0n) is 14.9. The van der Waals surface area contributed by atoms with Crippen molar-refractivity contribution in [3.8, 4) is 0 Å². The number of aromatic nitrogens is 2. The van der Waals surface area contributed by atoms with Crippen LogP contribution in [0.3, 0.4) is 0 Å². The van der Waals surface area contributed by atoms with Crippen LogP contribution in [0, 0.1) is 5.92 Å². The van der Waals surface area contributed by atoms with Crippen molar-refractivity contribution in [2.24, 2.45) is 10.9 Å². The molecule has 2 unspecified atom stereocenters. The smallest absolute Gasteiger partial charge is 0.194 e. The van der Waals surface area contributed by atoms with Crippen molar-refractivity contribution >= 4 is 21.9 Å². The molecule has 1 aromatic heterocycles. The van der Waals surface area contributed by atoms with Crippen LogP contribution in [0.25, 0.3) is 0 Å². The van der Waals surface area contributed by atoms with E-state index in [0.29, 0.717) is 18.5 Å². The molecule has 0 aliphatic carbocycles.